The largest absolute Gasteiger partial charge is 0.466 e. The second kappa shape index (κ2) is 2.70. The van der Waals surface area contributed by atoms with E-state index in [1.54, 1.807) is 6.92 Å². The van der Waals surface area contributed by atoms with Gasteiger partial charge < -0.3 is 9.52 Å². The normalized spacial score (nSPS) is 13.5. The first-order valence-electron chi connectivity index (χ1n) is 3.78. The molecule has 0 spiro atoms. The van der Waals surface area contributed by atoms with Crippen molar-refractivity contribution < 1.29 is 9.52 Å². The smallest absolute Gasteiger partial charge is 0.107 e. The van der Waals surface area contributed by atoms with Gasteiger partial charge in [0, 0.05) is 5.56 Å². The minimum Gasteiger partial charge on any atom is -0.466 e. The third-order valence-electron chi connectivity index (χ3n) is 2.04. The fourth-order valence-electron chi connectivity index (χ4n) is 1.42. The van der Waals surface area contributed by atoms with Crippen molar-refractivity contribution in [2.75, 3.05) is 0 Å². The molecule has 11 heavy (non-hydrogen) atoms. The molecular weight excluding hydrogens is 140 g/mol. The van der Waals surface area contributed by atoms with Crippen molar-refractivity contribution in [2.45, 2.75) is 33.8 Å². The number of aryl methyl sites for hydroxylation is 2. The molecule has 1 N–H and O–H groups in total. The SMILES string of the molecule is Cc1oc(C)c(C(C)O)c1C. The van der Waals surface area contributed by atoms with Crippen LogP contribution >= 0.6 is 0 Å². The summed E-state index contributed by atoms with van der Waals surface area (Å²) in [5.41, 5.74) is 2.00. The molecule has 1 rings (SSSR count). The summed E-state index contributed by atoms with van der Waals surface area (Å²) in [6.45, 7) is 7.51. The molecule has 0 saturated carbocycles. The predicted molar refractivity (Wildman–Crippen MR) is 43.6 cm³/mol. The van der Waals surface area contributed by atoms with E-state index in [0.29, 0.717) is 0 Å². The van der Waals surface area contributed by atoms with Crippen molar-refractivity contribution >= 4 is 0 Å². The van der Waals surface area contributed by atoms with Gasteiger partial charge >= 0.3 is 0 Å². The van der Waals surface area contributed by atoms with E-state index < -0.39 is 6.10 Å². The minimum absolute atomic E-state index is 0.424. The summed E-state index contributed by atoms with van der Waals surface area (Å²) >= 11 is 0. The zero-order chi connectivity index (χ0) is 8.59. The Balaban J connectivity index is 3.22. The van der Waals surface area contributed by atoms with Gasteiger partial charge in [0.15, 0.2) is 0 Å². The average Bonchev–Trinajstić information content (AvgIpc) is 2.07. The summed E-state index contributed by atoms with van der Waals surface area (Å²) in [5.74, 6) is 1.73. The Morgan fingerprint density at radius 1 is 1.18 bits per heavy atom. The summed E-state index contributed by atoms with van der Waals surface area (Å²) in [5, 5.41) is 9.34. The lowest BCUT2D eigenvalue weighted by atomic mass is 10.1. The minimum atomic E-state index is -0.424. The maximum Gasteiger partial charge on any atom is 0.107 e. The molecule has 0 aromatic carbocycles. The number of aliphatic hydroxyl groups is 1. The summed E-state index contributed by atoms with van der Waals surface area (Å²) < 4.78 is 5.35. The molecule has 0 bridgehead atoms. The van der Waals surface area contributed by atoms with E-state index in [-0.39, 0.29) is 0 Å². The van der Waals surface area contributed by atoms with Gasteiger partial charge in [-0.1, -0.05) is 0 Å². The Morgan fingerprint density at radius 3 is 1.91 bits per heavy atom. The molecule has 0 saturated heterocycles. The fourth-order valence-corrected chi connectivity index (χ4v) is 1.42. The van der Waals surface area contributed by atoms with Crippen LogP contribution < -0.4 is 0 Å². The first kappa shape index (κ1) is 8.34. The van der Waals surface area contributed by atoms with Gasteiger partial charge in [-0.15, -0.1) is 0 Å². The van der Waals surface area contributed by atoms with Crippen LogP contribution in [0.25, 0.3) is 0 Å². The highest BCUT2D eigenvalue weighted by atomic mass is 16.3. The molecule has 1 heterocycles. The molecule has 1 atom stereocenters. The van der Waals surface area contributed by atoms with Gasteiger partial charge in [-0.25, -0.2) is 0 Å². The molecule has 2 nitrogen and oxygen atoms in total. The Hall–Kier alpha value is -0.760. The lowest BCUT2D eigenvalue weighted by Crippen LogP contribution is -1.93. The Labute approximate surface area is 66.8 Å². The summed E-state index contributed by atoms with van der Waals surface area (Å²) in [6.07, 6.45) is -0.424. The quantitative estimate of drug-likeness (QED) is 0.673. The van der Waals surface area contributed by atoms with E-state index in [1.165, 1.54) is 0 Å². The molecule has 62 valence electrons. The fraction of sp³-hybridized carbons (Fsp3) is 0.556. The highest BCUT2D eigenvalue weighted by molar-refractivity contribution is 5.32. The Kier molecular flexibility index (Phi) is 2.05. The van der Waals surface area contributed by atoms with Gasteiger partial charge in [-0.05, 0) is 33.3 Å². The lowest BCUT2D eigenvalue weighted by Gasteiger charge is -2.02. The molecule has 0 aliphatic heterocycles. The van der Waals surface area contributed by atoms with E-state index >= 15 is 0 Å². The number of hydrogen-bond donors (Lipinski definition) is 1. The van der Waals surface area contributed by atoms with Crippen LogP contribution in [0.4, 0.5) is 0 Å². The van der Waals surface area contributed by atoms with Crippen LogP contribution in [0, 0.1) is 20.8 Å². The van der Waals surface area contributed by atoms with Gasteiger partial charge in [0.25, 0.3) is 0 Å². The molecule has 0 aliphatic carbocycles. The predicted octanol–water partition coefficient (Wildman–Crippen LogP) is 2.26. The van der Waals surface area contributed by atoms with E-state index in [4.69, 9.17) is 4.42 Å². The van der Waals surface area contributed by atoms with Crippen molar-refractivity contribution in [2.24, 2.45) is 0 Å². The third-order valence-corrected chi connectivity index (χ3v) is 2.04. The standard InChI is InChI=1S/C9H14O2/c1-5-7(3)11-8(4)9(5)6(2)10/h6,10H,1-4H3. The summed E-state index contributed by atoms with van der Waals surface area (Å²) in [4.78, 5) is 0. The zero-order valence-electron chi connectivity index (χ0n) is 7.43. The average molecular weight is 154 g/mol. The maximum atomic E-state index is 9.34. The van der Waals surface area contributed by atoms with Crippen LogP contribution in [0.3, 0.4) is 0 Å². The number of rotatable bonds is 1. The lowest BCUT2D eigenvalue weighted by molar-refractivity contribution is 0.196. The molecular formula is C9H14O2. The highest BCUT2D eigenvalue weighted by Gasteiger charge is 2.14. The number of furan rings is 1. The van der Waals surface area contributed by atoms with E-state index in [2.05, 4.69) is 0 Å². The molecule has 0 fully saturated rings. The molecule has 0 aliphatic rings. The monoisotopic (exact) mass is 154 g/mol. The second-order valence-corrected chi connectivity index (χ2v) is 2.93. The van der Waals surface area contributed by atoms with Gasteiger partial charge in [-0.2, -0.15) is 0 Å². The van der Waals surface area contributed by atoms with E-state index in [0.717, 1.165) is 22.6 Å². The third kappa shape index (κ3) is 1.31. The van der Waals surface area contributed by atoms with Crippen LogP contribution in [0.5, 0.6) is 0 Å². The van der Waals surface area contributed by atoms with Crippen LogP contribution in [0.1, 0.15) is 35.7 Å². The van der Waals surface area contributed by atoms with Crippen LogP contribution in [-0.2, 0) is 0 Å². The molecule has 1 aromatic rings. The van der Waals surface area contributed by atoms with Crippen molar-refractivity contribution in [3.63, 3.8) is 0 Å². The van der Waals surface area contributed by atoms with E-state index in [9.17, 15) is 5.11 Å². The molecule has 0 amide bonds. The topological polar surface area (TPSA) is 33.4 Å². The zero-order valence-corrected chi connectivity index (χ0v) is 7.43. The van der Waals surface area contributed by atoms with Gasteiger partial charge in [0.1, 0.15) is 11.5 Å². The van der Waals surface area contributed by atoms with Gasteiger partial charge in [0.05, 0.1) is 6.10 Å². The van der Waals surface area contributed by atoms with Crippen molar-refractivity contribution in [3.8, 4) is 0 Å². The van der Waals surface area contributed by atoms with Crippen LogP contribution in [0.15, 0.2) is 4.42 Å². The van der Waals surface area contributed by atoms with E-state index in [1.807, 2.05) is 20.8 Å². The first-order chi connectivity index (χ1) is 5.04. The molecule has 1 aromatic heterocycles. The van der Waals surface area contributed by atoms with Gasteiger partial charge in [0.2, 0.25) is 0 Å². The van der Waals surface area contributed by atoms with Crippen molar-refractivity contribution in [3.05, 3.63) is 22.6 Å². The summed E-state index contributed by atoms with van der Waals surface area (Å²) in [7, 11) is 0. The van der Waals surface area contributed by atoms with Crippen molar-refractivity contribution in [1.82, 2.24) is 0 Å². The number of aliphatic hydroxyl groups excluding tert-OH is 1. The molecule has 0 radical (unpaired) electrons. The highest BCUT2D eigenvalue weighted by Crippen LogP contribution is 2.26. The van der Waals surface area contributed by atoms with Crippen LogP contribution in [-0.4, -0.2) is 5.11 Å². The molecule has 2 heteroatoms. The maximum absolute atomic E-state index is 9.34. The summed E-state index contributed by atoms with van der Waals surface area (Å²) in [6, 6.07) is 0. The molecule has 1 unspecified atom stereocenters. The Morgan fingerprint density at radius 2 is 1.73 bits per heavy atom. The van der Waals surface area contributed by atoms with Crippen LogP contribution in [0.2, 0.25) is 0 Å². The van der Waals surface area contributed by atoms with Gasteiger partial charge in [-0.3, -0.25) is 0 Å². The second-order valence-electron chi connectivity index (χ2n) is 2.93. The first-order valence-corrected chi connectivity index (χ1v) is 3.78. The number of hydrogen-bond acceptors (Lipinski definition) is 2. The Bertz CT molecular complexity index is 259. The van der Waals surface area contributed by atoms with Crippen molar-refractivity contribution in [1.29, 1.82) is 0 Å².